The highest BCUT2D eigenvalue weighted by Crippen LogP contribution is 2.16. The molecule has 0 aliphatic heterocycles. The summed E-state index contributed by atoms with van der Waals surface area (Å²) in [4.78, 5) is 22.2. The molecule has 2 aromatic rings. The van der Waals surface area contributed by atoms with E-state index in [9.17, 15) is 9.59 Å². The fourth-order valence-corrected chi connectivity index (χ4v) is 1.86. The smallest absolute Gasteiger partial charge is 0.358 e. The number of hydrogen-bond acceptors (Lipinski definition) is 4. The molecule has 0 radical (unpaired) electrons. The van der Waals surface area contributed by atoms with E-state index in [0.717, 1.165) is 11.3 Å². The Labute approximate surface area is 121 Å². The Hall–Kier alpha value is -2.83. The molecular weight excluding hydrogens is 274 g/mol. The second kappa shape index (κ2) is 6.08. The minimum Gasteiger partial charge on any atom is -0.497 e. The molecule has 21 heavy (non-hydrogen) atoms. The number of anilines is 1. The van der Waals surface area contributed by atoms with Gasteiger partial charge in [-0.05, 0) is 17.7 Å². The second-order valence-corrected chi connectivity index (χ2v) is 4.42. The second-order valence-electron chi connectivity index (χ2n) is 4.42. The molecule has 2 rings (SSSR count). The monoisotopic (exact) mass is 289 g/mol. The van der Waals surface area contributed by atoms with Crippen molar-refractivity contribution in [3.63, 3.8) is 0 Å². The molecule has 7 heteroatoms. The van der Waals surface area contributed by atoms with Gasteiger partial charge in [-0.1, -0.05) is 12.1 Å². The summed E-state index contributed by atoms with van der Waals surface area (Å²) in [6.07, 6.45) is 1.50. The number of carboxylic acid groups (broad SMARTS) is 1. The molecule has 0 fully saturated rings. The average molecular weight is 289 g/mol. The standard InChI is InChI=1S/C14H15N3O4/c1-9(18)15-12-8-17(16-13(12)14(19)20)7-10-3-5-11(21-2)6-4-10/h3-6,8H,7H2,1-2H3,(H,15,18)(H,19,20). The van der Waals surface area contributed by atoms with Crippen molar-refractivity contribution in [3.05, 3.63) is 41.7 Å². The van der Waals surface area contributed by atoms with Crippen LogP contribution in [0.25, 0.3) is 0 Å². The van der Waals surface area contributed by atoms with Gasteiger partial charge in [-0.25, -0.2) is 4.79 Å². The minimum absolute atomic E-state index is 0.182. The molecule has 0 saturated heterocycles. The third-order valence-electron chi connectivity index (χ3n) is 2.78. The first-order valence-corrected chi connectivity index (χ1v) is 6.21. The van der Waals surface area contributed by atoms with E-state index in [-0.39, 0.29) is 17.3 Å². The van der Waals surface area contributed by atoms with Crippen LogP contribution in [0.5, 0.6) is 5.75 Å². The Morgan fingerprint density at radius 3 is 2.52 bits per heavy atom. The predicted octanol–water partition coefficient (Wildman–Crippen LogP) is 1.60. The van der Waals surface area contributed by atoms with Gasteiger partial charge in [-0.15, -0.1) is 0 Å². The van der Waals surface area contributed by atoms with Crippen LogP contribution in [0, 0.1) is 0 Å². The van der Waals surface area contributed by atoms with Crippen LogP contribution in [0.3, 0.4) is 0 Å². The number of rotatable bonds is 5. The van der Waals surface area contributed by atoms with Gasteiger partial charge in [0.15, 0.2) is 5.69 Å². The lowest BCUT2D eigenvalue weighted by atomic mass is 10.2. The van der Waals surface area contributed by atoms with Gasteiger partial charge >= 0.3 is 5.97 Å². The molecule has 1 aromatic carbocycles. The summed E-state index contributed by atoms with van der Waals surface area (Å²) in [7, 11) is 1.58. The Bertz CT molecular complexity index is 661. The van der Waals surface area contributed by atoms with Gasteiger partial charge in [0.25, 0.3) is 0 Å². The van der Waals surface area contributed by atoms with Crippen molar-refractivity contribution >= 4 is 17.6 Å². The lowest BCUT2D eigenvalue weighted by Crippen LogP contribution is -2.09. The summed E-state index contributed by atoms with van der Waals surface area (Å²) < 4.78 is 6.54. The van der Waals surface area contributed by atoms with E-state index in [1.54, 1.807) is 7.11 Å². The number of methoxy groups -OCH3 is 1. The zero-order chi connectivity index (χ0) is 15.4. The number of aromatic carboxylic acids is 1. The Morgan fingerprint density at radius 1 is 1.33 bits per heavy atom. The van der Waals surface area contributed by atoms with Gasteiger partial charge in [0.1, 0.15) is 5.75 Å². The summed E-state index contributed by atoms with van der Waals surface area (Å²) in [6, 6.07) is 7.34. The van der Waals surface area contributed by atoms with E-state index in [1.807, 2.05) is 24.3 Å². The molecule has 0 atom stereocenters. The van der Waals surface area contributed by atoms with Gasteiger partial charge in [0.05, 0.1) is 19.3 Å². The predicted molar refractivity (Wildman–Crippen MR) is 75.6 cm³/mol. The number of amides is 1. The number of ether oxygens (including phenoxy) is 1. The third kappa shape index (κ3) is 3.59. The Balaban J connectivity index is 2.23. The highest BCUT2D eigenvalue weighted by atomic mass is 16.5. The minimum atomic E-state index is -1.19. The number of nitrogens with one attached hydrogen (secondary N) is 1. The lowest BCUT2D eigenvalue weighted by Gasteiger charge is -2.03. The van der Waals surface area contributed by atoms with Crippen molar-refractivity contribution in [2.45, 2.75) is 13.5 Å². The molecule has 0 unspecified atom stereocenters. The zero-order valence-electron chi connectivity index (χ0n) is 11.7. The molecule has 1 aromatic heterocycles. The summed E-state index contributed by atoms with van der Waals surface area (Å²) in [5.74, 6) is -0.793. The largest absolute Gasteiger partial charge is 0.497 e. The molecule has 0 bridgehead atoms. The van der Waals surface area contributed by atoms with E-state index < -0.39 is 5.97 Å². The number of hydrogen-bond donors (Lipinski definition) is 2. The highest BCUT2D eigenvalue weighted by Gasteiger charge is 2.16. The molecule has 0 aliphatic rings. The molecule has 1 heterocycles. The maximum atomic E-state index is 11.1. The average Bonchev–Trinajstić information content (AvgIpc) is 2.81. The third-order valence-corrected chi connectivity index (χ3v) is 2.78. The van der Waals surface area contributed by atoms with Crippen molar-refractivity contribution in [3.8, 4) is 5.75 Å². The van der Waals surface area contributed by atoms with E-state index in [2.05, 4.69) is 10.4 Å². The van der Waals surface area contributed by atoms with Gasteiger partial charge in [0.2, 0.25) is 5.91 Å². The van der Waals surface area contributed by atoms with E-state index in [0.29, 0.717) is 6.54 Å². The van der Waals surface area contributed by atoms with Crippen LogP contribution in [-0.2, 0) is 11.3 Å². The summed E-state index contributed by atoms with van der Waals surface area (Å²) >= 11 is 0. The Kier molecular flexibility index (Phi) is 4.22. The first-order valence-electron chi connectivity index (χ1n) is 6.21. The number of carbonyl (C=O) groups excluding carboxylic acids is 1. The van der Waals surface area contributed by atoms with Crippen molar-refractivity contribution in [2.24, 2.45) is 0 Å². The van der Waals surface area contributed by atoms with Gasteiger partial charge in [-0.3, -0.25) is 9.48 Å². The molecule has 0 aliphatic carbocycles. The first-order chi connectivity index (χ1) is 9.99. The van der Waals surface area contributed by atoms with Gasteiger partial charge < -0.3 is 15.2 Å². The molecular formula is C14H15N3O4. The van der Waals surface area contributed by atoms with E-state index in [1.165, 1.54) is 17.8 Å². The van der Waals surface area contributed by atoms with Crippen molar-refractivity contribution in [2.75, 3.05) is 12.4 Å². The number of nitrogens with zero attached hydrogens (tertiary/aromatic N) is 2. The number of aromatic nitrogens is 2. The lowest BCUT2D eigenvalue weighted by molar-refractivity contribution is -0.114. The fraction of sp³-hybridized carbons (Fsp3) is 0.214. The molecule has 0 spiro atoms. The molecule has 110 valence electrons. The van der Waals surface area contributed by atoms with Crippen LogP contribution >= 0.6 is 0 Å². The summed E-state index contributed by atoms with van der Waals surface area (Å²) in [5, 5.41) is 15.5. The molecule has 2 N–H and O–H groups in total. The van der Waals surface area contributed by atoms with Crippen molar-refractivity contribution in [1.82, 2.24) is 9.78 Å². The molecule has 0 saturated carbocycles. The number of benzene rings is 1. The Morgan fingerprint density at radius 2 is 2.00 bits per heavy atom. The number of carboxylic acids is 1. The number of carbonyl (C=O) groups is 2. The molecule has 7 nitrogen and oxygen atoms in total. The van der Waals surface area contributed by atoms with Crippen LogP contribution < -0.4 is 10.1 Å². The summed E-state index contributed by atoms with van der Waals surface area (Å²) in [6.45, 7) is 1.70. The fourth-order valence-electron chi connectivity index (χ4n) is 1.86. The summed E-state index contributed by atoms with van der Waals surface area (Å²) in [5.41, 5.74) is 0.937. The zero-order valence-corrected chi connectivity index (χ0v) is 11.7. The van der Waals surface area contributed by atoms with Gasteiger partial charge in [0, 0.05) is 13.1 Å². The van der Waals surface area contributed by atoms with E-state index in [4.69, 9.17) is 9.84 Å². The van der Waals surface area contributed by atoms with Crippen molar-refractivity contribution in [1.29, 1.82) is 0 Å². The maximum Gasteiger partial charge on any atom is 0.358 e. The maximum absolute atomic E-state index is 11.1. The molecule has 1 amide bonds. The van der Waals surface area contributed by atoms with Crippen LogP contribution in [0.1, 0.15) is 23.0 Å². The van der Waals surface area contributed by atoms with Crippen LogP contribution in [0.2, 0.25) is 0 Å². The topological polar surface area (TPSA) is 93.5 Å². The first kappa shape index (κ1) is 14.6. The van der Waals surface area contributed by atoms with Crippen LogP contribution in [-0.4, -0.2) is 33.9 Å². The quantitative estimate of drug-likeness (QED) is 0.872. The normalized spacial score (nSPS) is 10.2. The van der Waals surface area contributed by atoms with Crippen LogP contribution in [0.4, 0.5) is 5.69 Å². The van der Waals surface area contributed by atoms with Gasteiger partial charge in [-0.2, -0.15) is 5.10 Å². The van der Waals surface area contributed by atoms with Crippen molar-refractivity contribution < 1.29 is 19.4 Å². The SMILES string of the molecule is COc1ccc(Cn2cc(NC(C)=O)c(C(=O)O)n2)cc1. The highest BCUT2D eigenvalue weighted by molar-refractivity contribution is 5.98. The van der Waals surface area contributed by atoms with Crippen LogP contribution in [0.15, 0.2) is 30.5 Å². The van der Waals surface area contributed by atoms with E-state index >= 15 is 0 Å².